The number of rotatable bonds is 2. The summed E-state index contributed by atoms with van der Waals surface area (Å²) in [7, 11) is 1.88. The number of aromatic nitrogens is 5. The van der Waals surface area contributed by atoms with Gasteiger partial charge in [-0.05, 0) is 18.5 Å². The Bertz CT molecular complexity index is 511. The van der Waals surface area contributed by atoms with Gasteiger partial charge >= 0.3 is 0 Å². The number of hydrogen-bond donors (Lipinski definition) is 0. The predicted molar refractivity (Wildman–Crippen MR) is 62.0 cm³/mol. The van der Waals surface area contributed by atoms with E-state index < -0.39 is 0 Å². The SMILES string of the molecule is Cc1nn(C)cc1-n1c(Cl)nnc1C(C)C. The molecule has 86 valence electrons. The summed E-state index contributed by atoms with van der Waals surface area (Å²) in [5.74, 6) is 1.11. The van der Waals surface area contributed by atoms with Crippen molar-refractivity contribution in [2.45, 2.75) is 26.7 Å². The second-order valence-electron chi connectivity index (χ2n) is 4.09. The fourth-order valence-electron chi connectivity index (χ4n) is 1.68. The van der Waals surface area contributed by atoms with Gasteiger partial charge in [-0.3, -0.25) is 9.25 Å². The highest BCUT2D eigenvalue weighted by Gasteiger charge is 2.17. The van der Waals surface area contributed by atoms with Crippen LogP contribution >= 0.6 is 11.6 Å². The minimum atomic E-state index is 0.264. The van der Waals surface area contributed by atoms with Crippen LogP contribution in [0, 0.1) is 6.92 Å². The molecule has 0 amide bonds. The predicted octanol–water partition coefficient (Wildman–Crippen LogP) is 2.09. The standard InChI is InChI=1S/C10H14ClN5/c1-6(2)9-12-13-10(11)16(9)8-5-15(4)14-7(8)3/h5-6H,1-4H3. The lowest BCUT2D eigenvalue weighted by Crippen LogP contribution is -2.03. The molecule has 0 N–H and O–H groups in total. The highest BCUT2D eigenvalue weighted by Crippen LogP contribution is 2.23. The number of aryl methyl sites for hydroxylation is 2. The molecule has 2 rings (SSSR count). The molecular formula is C10H14ClN5. The van der Waals surface area contributed by atoms with Crippen molar-refractivity contribution in [1.82, 2.24) is 24.5 Å². The Hall–Kier alpha value is -1.36. The maximum atomic E-state index is 6.06. The van der Waals surface area contributed by atoms with Crippen LogP contribution < -0.4 is 0 Å². The molecule has 2 aromatic rings. The molecule has 0 radical (unpaired) electrons. The molecule has 2 aromatic heterocycles. The monoisotopic (exact) mass is 239 g/mol. The number of hydrogen-bond acceptors (Lipinski definition) is 3. The van der Waals surface area contributed by atoms with Crippen LogP contribution in [0.3, 0.4) is 0 Å². The number of halogens is 1. The summed E-state index contributed by atoms with van der Waals surface area (Å²) in [6.45, 7) is 6.06. The van der Waals surface area contributed by atoms with Gasteiger partial charge in [0, 0.05) is 19.2 Å². The van der Waals surface area contributed by atoms with Crippen LogP contribution in [0.15, 0.2) is 6.20 Å². The van der Waals surface area contributed by atoms with E-state index in [1.165, 1.54) is 0 Å². The lowest BCUT2D eigenvalue weighted by Gasteiger charge is -2.08. The van der Waals surface area contributed by atoms with Gasteiger partial charge < -0.3 is 0 Å². The molecule has 0 bridgehead atoms. The molecule has 0 aliphatic carbocycles. The number of nitrogens with zero attached hydrogens (tertiary/aromatic N) is 5. The average Bonchev–Trinajstić information content (AvgIpc) is 2.69. The van der Waals surface area contributed by atoms with Crippen molar-refractivity contribution in [3.8, 4) is 5.69 Å². The molecule has 0 spiro atoms. The lowest BCUT2D eigenvalue weighted by molar-refractivity contribution is 0.743. The van der Waals surface area contributed by atoms with Crippen molar-refractivity contribution in [3.63, 3.8) is 0 Å². The van der Waals surface area contributed by atoms with Crippen LogP contribution in [0.2, 0.25) is 5.28 Å². The summed E-state index contributed by atoms with van der Waals surface area (Å²) in [5.41, 5.74) is 1.84. The van der Waals surface area contributed by atoms with Crippen LogP contribution in [0.4, 0.5) is 0 Å². The van der Waals surface area contributed by atoms with E-state index in [9.17, 15) is 0 Å². The van der Waals surface area contributed by atoms with Crippen molar-refractivity contribution < 1.29 is 0 Å². The highest BCUT2D eigenvalue weighted by molar-refractivity contribution is 6.28. The first kappa shape index (κ1) is 11.1. The summed E-state index contributed by atoms with van der Waals surface area (Å²) < 4.78 is 3.60. The molecule has 2 heterocycles. The third kappa shape index (κ3) is 1.71. The van der Waals surface area contributed by atoms with Gasteiger partial charge in [0.15, 0.2) is 0 Å². The van der Waals surface area contributed by atoms with Gasteiger partial charge in [-0.2, -0.15) is 5.10 Å². The summed E-state index contributed by atoms with van der Waals surface area (Å²) in [6, 6.07) is 0. The van der Waals surface area contributed by atoms with Crippen molar-refractivity contribution in [1.29, 1.82) is 0 Å². The Kier molecular flexibility index (Phi) is 2.71. The largest absolute Gasteiger partial charge is 0.273 e. The van der Waals surface area contributed by atoms with Gasteiger partial charge in [0.05, 0.1) is 11.4 Å². The van der Waals surface area contributed by atoms with Crippen LogP contribution in [-0.2, 0) is 7.05 Å². The Labute approximate surface area is 99.1 Å². The summed E-state index contributed by atoms with van der Waals surface area (Å²) in [4.78, 5) is 0. The zero-order valence-corrected chi connectivity index (χ0v) is 10.5. The molecule has 16 heavy (non-hydrogen) atoms. The maximum absolute atomic E-state index is 6.06. The topological polar surface area (TPSA) is 48.5 Å². The quantitative estimate of drug-likeness (QED) is 0.806. The van der Waals surface area contributed by atoms with Crippen molar-refractivity contribution in [2.75, 3.05) is 0 Å². The Morgan fingerprint density at radius 2 is 2.00 bits per heavy atom. The van der Waals surface area contributed by atoms with E-state index in [0.29, 0.717) is 5.28 Å². The van der Waals surface area contributed by atoms with Crippen LogP contribution in [0.1, 0.15) is 31.3 Å². The first-order valence-electron chi connectivity index (χ1n) is 5.12. The van der Waals surface area contributed by atoms with Gasteiger partial charge in [-0.1, -0.05) is 13.8 Å². The molecule has 6 heteroatoms. The average molecular weight is 240 g/mol. The fraction of sp³-hybridized carbons (Fsp3) is 0.500. The van der Waals surface area contributed by atoms with E-state index in [1.807, 2.05) is 24.7 Å². The molecule has 0 fully saturated rings. The van der Waals surface area contributed by atoms with E-state index in [0.717, 1.165) is 17.2 Å². The van der Waals surface area contributed by atoms with Gasteiger partial charge in [0.25, 0.3) is 0 Å². The second-order valence-corrected chi connectivity index (χ2v) is 4.43. The van der Waals surface area contributed by atoms with Gasteiger partial charge in [-0.25, -0.2) is 0 Å². The van der Waals surface area contributed by atoms with E-state index in [4.69, 9.17) is 11.6 Å². The first-order valence-corrected chi connectivity index (χ1v) is 5.50. The lowest BCUT2D eigenvalue weighted by atomic mass is 10.2. The molecule has 5 nitrogen and oxygen atoms in total. The molecule has 0 aromatic carbocycles. The molecule has 0 aliphatic heterocycles. The highest BCUT2D eigenvalue weighted by atomic mass is 35.5. The van der Waals surface area contributed by atoms with Gasteiger partial charge in [-0.15, -0.1) is 10.2 Å². The molecular weight excluding hydrogens is 226 g/mol. The van der Waals surface area contributed by atoms with Gasteiger partial charge in [0.1, 0.15) is 5.82 Å². The van der Waals surface area contributed by atoms with E-state index in [2.05, 4.69) is 29.1 Å². The summed E-state index contributed by atoms with van der Waals surface area (Å²) in [6.07, 6.45) is 1.91. The molecule has 0 unspecified atom stereocenters. The summed E-state index contributed by atoms with van der Waals surface area (Å²) >= 11 is 6.06. The third-order valence-corrected chi connectivity index (χ3v) is 2.64. The van der Waals surface area contributed by atoms with Crippen LogP contribution in [0.25, 0.3) is 5.69 Å². The Balaban J connectivity index is 2.63. The Morgan fingerprint density at radius 1 is 1.31 bits per heavy atom. The zero-order chi connectivity index (χ0) is 11.9. The normalized spacial score (nSPS) is 11.4. The van der Waals surface area contributed by atoms with Crippen LogP contribution in [-0.4, -0.2) is 24.5 Å². The van der Waals surface area contributed by atoms with Crippen molar-refractivity contribution in [3.05, 3.63) is 23.0 Å². The van der Waals surface area contributed by atoms with E-state index >= 15 is 0 Å². The van der Waals surface area contributed by atoms with E-state index in [-0.39, 0.29) is 5.92 Å². The molecule has 0 saturated heterocycles. The Morgan fingerprint density at radius 3 is 2.50 bits per heavy atom. The third-order valence-electron chi connectivity index (χ3n) is 2.39. The van der Waals surface area contributed by atoms with Crippen LogP contribution in [0.5, 0.6) is 0 Å². The van der Waals surface area contributed by atoms with Crippen molar-refractivity contribution in [2.24, 2.45) is 7.05 Å². The molecule has 0 saturated carbocycles. The zero-order valence-electron chi connectivity index (χ0n) is 9.77. The summed E-state index contributed by atoms with van der Waals surface area (Å²) in [5, 5.41) is 12.7. The first-order chi connectivity index (χ1) is 7.50. The fourth-order valence-corrected chi connectivity index (χ4v) is 1.89. The molecule has 0 aliphatic rings. The second kappa shape index (κ2) is 3.90. The van der Waals surface area contributed by atoms with Gasteiger partial charge in [0.2, 0.25) is 5.28 Å². The minimum Gasteiger partial charge on any atom is -0.273 e. The maximum Gasteiger partial charge on any atom is 0.229 e. The minimum absolute atomic E-state index is 0.264. The van der Waals surface area contributed by atoms with Crippen molar-refractivity contribution >= 4 is 11.6 Å². The van der Waals surface area contributed by atoms with E-state index in [1.54, 1.807) is 4.68 Å². The molecule has 0 atom stereocenters. The smallest absolute Gasteiger partial charge is 0.229 e.